The number of rotatable bonds is 15. The van der Waals surface area contributed by atoms with Crippen LogP contribution in [0, 0.1) is 0 Å². The van der Waals surface area contributed by atoms with E-state index in [-0.39, 0.29) is 57.5 Å². The molecule has 1 N–H and O–H groups in total. The van der Waals surface area contributed by atoms with Crippen molar-refractivity contribution in [3.8, 4) is 0 Å². The predicted molar refractivity (Wildman–Crippen MR) is 90.9 cm³/mol. The Kier molecular flexibility index (Phi) is 19.7. The fraction of sp³-hybridized carbons (Fsp3) is 1.00. The molecular weight excluding hydrogens is 339 g/mol. The summed E-state index contributed by atoms with van der Waals surface area (Å²) in [7, 11) is -4.19. The van der Waals surface area contributed by atoms with E-state index in [4.69, 9.17) is 0 Å². The van der Waals surface area contributed by atoms with Gasteiger partial charge in [0, 0.05) is 5.25 Å². The van der Waals surface area contributed by atoms with Gasteiger partial charge in [0.05, 0.1) is 16.2 Å². The first kappa shape index (κ1) is 26.7. The van der Waals surface area contributed by atoms with E-state index in [1.807, 2.05) is 0 Å². The average Bonchev–Trinajstić information content (AvgIpc) is 2.45. The fourth-order valence-electron chi connectivity index (χ4n) is 2.74. The molecule has 6 heteroatoms. The predicted octanol–water partition coefficient (Wildman–Crippen LogP) is 1.38. The Labute approximate surface area is 186 Å². The molecule has 4 nitrogen and oxygen atoms in total. The molecule has 0 aliphatic rings. The van der Waals surface area contributed by atoms with Crippen molar-refractivity contribution < 1.29 is 69.5 Å². The van der Waals surface area contributed by atoms with Crippen LogP contribution in [0.4, 0.5) is 0 Å². The minimum Gasteiger partial charge on any atom is -0.748 e. The minimum absolute atomic E-state index is 0. The topological polar surface area (TPSA) is 77.4 Å². The van der Waals surface area contributed by atoms with Gasteiger partial charge in [0.25, 0.3) is 0 Å². The molecule has 0 spiro atoms. The third kappa shape index (κ3) is 16.7. The van der Waals surface area contributed by atoms with Crippen LogP contribution in [0.3, 0.4) is 0 Å². The summed E-state index contributed by atoms with van der Waals surface area (Å²) in [6.07, 6.45) is 11.1. The smallest absolute Gasteiger partial charge is 0.748 e. The minimum atomic E-state index is -4.19. The molecule has 2 unspecified atom stereocenters. The molecule has 0 rings (SSSR count). The molecule has 0 saturated carbocycles. The van der Waals surface area contributed by atoms with Crippen LogP contribution in [-0.2, 0) is 10.1 Å². The summed E-state index contributed by atoms with van der Waals surface area (Å²) in [5, 5.41) is 9.01. The van der Waals surface area contributed by atoms with E-state index in [0.717, 1.165) is 51.4 Å². The second kappa shape index (κ2) is 16.9. The van der Waals surface area contributed by atoms with Gasteiger partial charge in [-0.15, -0.1) is 0 Å². The van der Waals surface area contributed by atoms with E-state index in [1.54, 1.807) is 0 Å². The van der Waals surface area contributed by atoms with E-state index in [1.165, 1.54) is 6.42 Å². The number of hydrogen-bond acceptors (Lipinski definition) is 4. The van der Waals surface area contributed by atoms with Gasteiger partial charge in [-0.05, 0) is 25.7 Å². The van der Waals surface area contributed by atoms with Crippen molar-refractivity contribution in [2.45, 2.75) is 109 Å². The molecule has 0 aromatic heterocycles. The molecular formula is C17H35KO4S. The summed E-state index contributed by atoms with van der Waals surface area (Å²) in [5.41, 5.74) is 0. The molecule has 0 aliphatic heterocycles. The van der Waals surface area contributed by atoms with Crippen LogP contribution in [-0.4, -0.2) is 29.4 Å². The fourth-order valence-corrected chi connectivity index (χ4v) is 3.66. The van der Waals surface area contributed by atoms with Crippen molar-refractivity contribution in [1.29, 1.82) is 0 Å². The number of aliphatic hydroxyl groups excluding tert-OH is 1. The van der Waals surface area contributed by atoms with Crippen molar-refractivity contribution in [2.75, 3.05) is 0 Å². The summed E-state index contributed by atoms with van der Waals surface area (Å²) in [6, 6.07) is 0. The maximum atomic E-state index is 11.3. The second-order valence-electron chi connectivity index (χ2n) is 6.40. The molecule has 134 valence electrons. The normalized spacial score (nSPS) is 14.3. The molecule has 0 saturated heterocycles. The van der Waals surface area contributed by atoms with Crippen molar-refractivity contribution in [3.63, 3.8) is 0 Å². The zero-order valence-corrected chi connectivity index (χ0v) is 19.4. The Hall–Kier alpha value is 1.51. The standard InChI is InChI=1S/C17H36O4S.K/c1-3-5-7-8-9-14-17(22(19,20)21)15-11-10-13-16(18)12-6-4-2;/h16-18H,3-15H2,1-2H3,(H,19,20,21);/q;+1/p-1. The summed E-state index contributed by atoms with van der Waals surface area (Å²) in [6.45, 7) is 4.23. The molecule has 0 amide bonds. The summed E-state index contributed by atoms with van der Waals surface area (Å²) >= 11 is 0. The maximum Gasteiger partial charge on any atom is 1.00 e. The SMILES string of the molecule is CCCCCCCC(CCCCC(O)CCCC)S(=O)(=O)[O-].[K+]. The Morgan fingerprint density at radius 3 is 1.74 bits per heavy atom. The quantitative estimate of drug-likeness (QED) is 0.267. The monoisotopic (exact) mass is 374 g/mol. The second-order valence-corrected chi connectivity index (χ2v) is 8.05. The van der Waals surface area contributed by atoms with Crippen LogP contribution < -0.4 is 51.4 Å². The molecule has 0 aromatic carbocycles. The average molecular weight is 375 g/mol. The molecule has 23 heavy (non-hydrogen) atoms. The van der Waals surface area contributed by atoms with E-state index in [9.17, 15) is 18.1 Å². The Balaban J connectivity index is 0. The van der Waals surface area contributed by atoms with Crippen LogP contribution in [0.25, 0.3) is 0 Å². The van der Waals surface area contributed by atoms with Gasteiger partial charge in [-0.1, -0.05) is 71.6 Å². The van der Waals surface area contributed by atoms with Gasteiger partial charge < -0.3 is 9.66 Å². The van der Waals surface area contributed by atoms with Gasteiger partial charge >= 0.3 is 51.4 Å². The van der Waals surface area contributed by atoms with E-state index < -0.39 is 15.4 Å². The molecule has 0 radical (unpaired) electrons. The van der Waals surface area contributed by atoms with Gasteiger partial charge in [0.2, 0.25) is 0 Å². The number of hydrogen-bond donors (Lipinski definition) is 1. The van der Waals surface area contributed by atoms with Crippen LogP contribution in [0.2, 0.25) is 0 Å². The van der Waals surface area contributed by atoms with E-state index >= 15 is 0 Å². The molecule has 0 aliphatic carbocycles. The Morgan fingerprint density at radius 1 is 0.783 bits per heavy atom. The van der Waals surface area contributed by atoms with Gasteiger partial charge in [-0.2, -0.15) is 0 Å². The summed E-state index contributed by atoms with van der Waals surface area (Å²) in [4.78, 5) is 0. The van der Waals surface area contributed by atoms with Gasteiger partial charge in [0.1, 0.15) is 0 Å². The summed E-state index contributed by atoms with van der Waals surface area (Å²) < 4.78 is 33.9. The number of unbranched alkanes of at least 4 members (excludes halogenated alkanes) is 6. The molecule has 0 fully saturated rings. The van der Waals surface area contributed by atoms with Gasteiger partial charge in [-0.3, -0.25) is 0 Å². The zero-order chi connectivity index (χ0) is 16.8. The molecule has 2 atom stereocenters. The van der Waals surface area contributed by atoms with Crippen LogP contribution >= 0.6 is 0 Å². The van der Waals surface area contributed by atoms with Crippen LogP contribution in [0.5, 0.6) is 0 Å². The van der Waals surface area contributed by atoms with Crippen molar-refractivity contribution in [1.82, 2.24) is 0 Å². The first-order valence-electron chi connectivity index (χ1n) is 9.04. The third-order valence-corrected chi connectivity index (χ3v) is 5.53. The Bertz CT molecular complexity index is 347. The van der Waals surface area contributed by atoms with Crippen molar-refractivity contribution in [3.05, 3.63) is 0 Å². The van der Waals surface area contributed by atoms with Crippen LogP contribution in [0.15, 0.2) is 0 Å². The molecule has 0 bridgehead atoms. The van der Waals surface area contributed by atoms with E-state index in [0.29, 0.717) is 25.7 Å². The maximum absolute atomic E-state index is 11.3. The summed E-state index contributed by atoms with van der Waals surface area (Å²) in [5.74, 6) is 0. The first-order valence-corrected chi connectivity index (χ1v) is 10.5. The van der Waals surface area contributed by atoms with E-state index in [2.05, 4.69) is 13.8 Å². The van der Waals surface area contributed by atoms with Crippen LogP contribution in [0.1, 0.15) is 97.3 Å². The zero-order valence-electron chi connectivity index (χ0n) is 15.4. The first-order chi connectivity index (χ1) is 10.4. The Morgan fingerprint density at radius 2 is 1.22 bits per heavy atom. The van der Waals surface area contributed by atoms with Crippen molar-refractivity contribution in [2.24, 2.45) is 0 Å². The van der Waals surface area contributed by atoms with Gasteiger partial charge in [0.15, 0.2) is 0 Å². The molecule has 0 aromatic rings. The third-order valence-electron chi connectivity index (χ3n) is 4.24. The molecule has 0 heterocycles. The largest absolute Gasteiger partial charge is 1.00 e. The van der Waals surface area contributed by atoms with Crippen molar-refractivity contribution >= 4 is 10.1 Å². The number of aliphatic hydroxyl groups is 1. The van der Waals surface area contributed by atoms with Gasteiger partial charge in [-0.25, -0.2) is 8.42 Å².